The summed E-state index contributed by atoms with van der Waals surface area (Å²) in [5.74, 6) is 0.461. The SMILES string of the molecule is CC(C)(C)OC(=O)N1CC(=CC(=O)N[C@@H]2[C@@H]3CCO[C@@H]3C23CCC3)C1. The van der Waals surface area contributed by atoms with Crippen molar-refractivity contribution in [2.45, 2.75) is 64.2 Å². The maximum atomic E-state index is 12.4. The minimum atomic E-state index is -0.491. The second-order valence-corrected chi connectivity index (χ2v) is 8.96. The fourth-order valence-electron chi connectivity index (χ4n) is 4.83. The summed E-state index contributed by atoms with van der Waals surface area (Å²) in [6, 6.07) is 0.264. The van der Waals surface area contributed by atoms with Gasteiger partial charge in [0.15, 0.2) is 0 Å². The number of hydrogen-bond acceptors (Lipinski definition) is 4. The summed E-state index contributed by atoms with van der Waals surface area (Å²) in [6.45, 7) is 7.34. The van der Waals surface area contributed by atoms with Gasteiger partial charge in [-0.3, -0.25) is 4.79 Å². The molecule has 0 aromatic rings. The van der Waals surface area contributed by atoms with Gasteiger partial charge in [-0.15, -0.1) is 0 Å². The van der Waals surface area contributed by atoms with Crippen molar-refractivity contribution in [3.63, 3.8) is 0 Å². The molecule has 4 aliphatic rings. The van der Waals surface area contributed by atoms with Gasteiger partial charge in [-0.05, 0) is 45.6 Å². The van der Waals surface area contributed by atoms with E-state index in [1.165, 1.54) is 19.3 Å². The number of fused-ring (bicyclic) bond motifs is 2. The lowest BCUT2D eigenvalue weighted by molar-refractivity contribution is -0.178. The molecule has 138 valence electrons. The van der Waals surface area contributed by atoms with Crippen molar-refractivity contribution in [1.29, 1.82) is 0 Å². The van der Waals surface area contributed by atoms with E-state index in [1.54, 1.807) is 11.0 Å². The summed E-state index contributed by atoms with van der Waals surface area (Å²) in [4.78, 5) is 25.9. The lowest BCUT2D eigenvalue weighted by atomic mass is 9.46. The molecule has 0 bridgehead atoms. The molecule has 3 atom stereocenters. The fourth-order valence-corrected chi connectivity index (χ4v) is 4.83. The van der Waals surface area contributed by atoms with Crippen molar-refractivity contribution in [3.8, 4) is 0 Å². The van der Waals surface area contributed by atoms with Crippen LogP contribution in [0.4, 0.5) is 4.79 Å². The smallest absolute Gasteiger partial charge is 0.410 e. The van der Waals surface area contributed by atoms with Crippen LogP contribution in [0.25, 0.3) is 0 Å². The molecule has 1 spiro atoms. The molecule has 6 heteroatoms. The molecule has 2 saturated heterocycles. The molecule has 0 radical (unpaired) electrons. The number of amides is 2. The molecule has 4 fully saturated rings. The van der Waals surface area contributed by atoms with Gasteiger partial charge >= 0.3 is 6.09 Å². The zero-order chi connectivity index (χ0) is 17.8. The van der Waals surface area contributed by atoms with Crippen LogP contribution in [0.1, 0.15) is 46.5 Å². The number of carbonyl (C=O) groups is 2. The van der Waals surface area contributed by atoms with Gasteiger partial charge in [-0.2, -0.15) is 0 Å². The first-order valence-corrected chi connectivity index (χ1v) is 9.38. The van der Waals surface area contributed by atoms with Gasteiger partial charge < -0.3 is 19.7 Å². The minimum absolute atomic E-state index is 0.0273. The Morgan fingerprint density at radius 2 is 2.04 bits per heavy atom. The molecule has 2 amide bonds. The van der Waals surface area contributed by atoms with Gasteiger partial charge in [0.1, 0.15) is 5.60 Å². The highest BCUT2D eigenvalue weighted by Gasteiger charge is 2.66. The first kappa shape index (κ1) is 16.9. The lowest BCUT2D eigenvalue weighted by Gasteiger charge is -2.63. The van der Waals surface area contributed by atoms with Crippen LogP contribution in [0.15, 0.2) is 11.6 Å². The molecule has 6 nitrogen and oxygen atoms in total. The predicted molar refractivity (Wildman–Crippen MR) is 92.0 cm³/mol. The average molecular weight is 348 g/mol. The number of likely N-dealkylation sites (tertiary alicyclic amines) is 1. The van der Waals surface area contributed by atoms with Gasteiger partial charge in [0.25, 0.3) is 0 Å². The van der Waals surface area contributed by atoms with E-state index < -0.39 is 5.60 Å². The number of nitrogens with one attached hydrogen (secondary N) is 1. The van der Waals surface area contributed by atoms with Gasteiger partial charge in [0.05, 0.1) is 6.10 Å². The highest BCUT2D eigenvalue weighted by molar-refractivity contribution is 5.89. The van der Waals surface area contributed by atoms with Gasteiger partial charge in [0.2, 0.25) is 5.91 Å². The van der Waals surface area contributed by atoms with Crippen molar-refractivity contribution in [2.75, 3.05) is 19.7 Å². The first-order chi connectivity index (χ1) is 11.8. The minimum Gasteiger partial charge on any atom is -0.444 e. The van der Waals surface area contributed by atoms with Crippen LogP contribution < -0.4 is 5.32 Å². The van der Waals surface area contributed by atoms with E-state index in [1.807, 2.05) is 20.8 Å². The standard InChI is InChI=1S/C19H28N2O4/c1-18(2,3)25-17(23)21-10-12(11-21)9-14(22)20-15-13-5-8-24-16(13)19(15)6-4-7-19/h9,13,15-16H,4-8,10-11H2,1-3H3,(H,20,22)/t13-,15+,16-/m0/s1. The summed E-state index contributed by atoms with van der Waals surface area (Å²) >= 11 is 0. The van der Waals surface area contributed by atoms with Crippen molar-refractivity contribution in [2.24, 2.45) is 11.3 Å². The van der Waals surface area contributed by atoms with Gasteiger partial charge in [-0.25, -0.2) is 4.79 Å². The monoisotopic (exact) mass is 348 g/mol. The Morgan fingerprint density at radius 3 is 2.64 bits per heavy atom. The molecule has 0 aromatic heterocycles. The number of nitrogens with zero attached hydrogens (tertiary/aromatic N) is 1. The average Bonchev–Trinajstić information content (AvgIpc) is 2.81. The second kappa shape index (κ2) is 5.73. The molecule has 25 heavy (non-hydrogen) atoms. The molecule has 2 heterocycles. The Kier molecular flexibility index (Phi) is 3.87. The van der Waals surface area contributed by atoms with Crippen LogP contribution in [-0.2, 0) is 14.3 Å². The van der Waals surface area contributed by atoms with Crippen LogP contribution in [0.2, 0.25) is 0 Å². The molecule has 4 rings (SSSR count). The van der Waals surface area contributed by atoms with Crippen LogP contribution in [0.3, 0.4) is 0 Å². The molecule has 2 saturated carbocycles. The Balaban J connectivity index is 1.29. The third-order valence-electron chi connectivity index (χ3n) is 6.11. The maximum absolute atomic E-state index is 12.4. The molecular formula is C19H28N2O4. The number of carbonyl (C=O) groups excluding carboxylic acids is 2. The topological polar surface area (TPSA) is 67.9 Å². The third kappa shape index (κ3) is 2.84. The molecule has 2 aliphatic heterocycles. The normalized spacial score (nSPS) is 32.2. The van der Waals surface area contributed by atoms with Crippen molar-refractivity contribution >= 4 is 12.0 Å². The van der Waals surface area contributed by atoms with Crippen molar-refractivity contribution in [1.82, 2.24) is 10.2 Å². The third-order valence-corrected chi connectivity index (χ3v) is 6.11. The Hall–Kier alpha value is -1.56. The molecule has 2 aliphatic carbocycles. The molecular weight excluding hydrogens is 320 g/mol. The predicted octanol–water partition coefficient (Wildman–Crippen LogP) is 2.24. The van der Waals surface area contributed by atoms with E-state index in [2.05, 4.69) is 5.32 Å². The zero-order valence-electron chi connectivity index (χ0n) is 15.3. The van der Waals surface area contributed by atoms with Crippen LogP contribution >= 0.6 is 0 Å². The van der Waals surface area contributed by atoms with E-state index in [4.69, 9.17) is 9.47 Å². The Labute approximate surface area is 148 Å². The van der Waals surface area contributed by atoms with Crippen LogP contribution in [-0.4, -0.2) is 54.3 Å². The van der Waals surface area contributed by atoms with E-state index in [0.717, 1.165) is 18.6 Å². The van der Waals surface area contributed by atoms with Crippen LogP contribution in [0, 0.1) is 11.3 Å². The van der Waals surface area contributed by atoms with Gasteiger partial charge in [0, 0.05) is 43.1 Å². The summed E-state index contributed by atoms with van der Waals surface area (Å²) in [5.41, 5.74) is 0.691. The first-order valence-electron chi connectivity index (χ1n) is 9.38. The summed E-state index contributed by atoms with van der Waals surface area (Å²) in [5, 5.41) is 3.23. The number of ether oxygens (including phenoxy) is 2. The summed E-state index contributed by atoms with van der Waals surface area (Å²) < 4.78 is 11.2. The zero-order valence-corrected chi connectivity index (χ0v) is 15.3. The van der Waals surface area contributed by atoms with Gasteiger partial charge in [-0.1, -0.05) is 6.42 Å². The largest absolute Gasteiger partial charge is 0.444 e. The van der Waals surface area contributed by atoms with E-state index in [0.29, 0.717) is 25.1 Å². The van der Waals surface area contributed by atoms with E-state index in [9.17, 15) is 9.59 Å². The van der Waals surface area contributed by atoms with Crippen molar-refractivity contribution < 1.29 is 19.1 Å². The lowest BCUT2D eigenvalue weighted by Crippen LogP contribution is -2.71. The molecule has 1 N–H and O–H groups in total. The Bertz CT molecular complexity index is 609. The summed E-state index contributed by atoms with van der Waals surface area (Å²) in [6.07, 6.45) is 6.35. The molecule has 0 aromatic carbocycles. The number of hydrogen-bond donors (Lipinski definition) is 1. The highest BCUT2D eigenvalue weighted by atomic mass is 16.6. The maximum Gasteiger partial charge on any atom is 0.410 e. The fraction of sp³-hybridized carbons (Fsp3) is 0.789. The highest BCUT2D eigenvalue weighted by Crippen LogP contribution is 2.62. The Morgan fingerprint density at radius 1 is 1.32 bits per heavy atom. The second-order valence-electron chi connectivity index (χ2n) is 8.96. The van der Waals surface area contributed by atoms with E-state index in [-0.39, 0.29) is 23.5 Å². The molecule has 0 unspecified atom stereocenters. The summed E-state index contributed by atoms with van der Waals surface area (Å²) in [7, 11) is 0. The van der Waals surface area contributed by atoms with E-state index >= 15 is 0 Å². The number of rotatable bonds is 2. The van der Waals surface area contributed by atoms with Crippen molar-refractivity contribution in [3.05, 3.63) is 11.6 Å². The quantitative estimate of drug-likeness (QED) is 0.777. The van der Waals surface area contributed by atoms with Crippen LogP contribution in [0.5, 0.6) is 0 Å².